The molecule has 0 heterocycles. The fraction of sp³-hybridized carbons (Fsp3) is 0.412. The van der Waals surface area contributed by atoms with Crippen molar-refractivity contribution in [3.05, 3.63) is 58.7 Å². The number of hydrogen-bond donors (Lipinski definition) is 0. The zero-order valence-electron chi connectivity index (χ0n) is 12.2. The van der Waals surface area contributed by atoms with Crippen LogP contribution in [0.25, 0.3) is 0 Å². The smallest absolute Gasteiger partial charge is 0.166 e. The van der Waals surface area contributed by atoms with Crippen molar-refractivity contribution in [1.29, 1.82) is 0 Å². The average molecular weight is 282 g/mol. The van der Waals surface area contributed by atoms with Gasteiger partial charge in [0.2, 0.25) is 0 Å². The van der Waals surface area contributed by atoms with Gasteiger partial charge in [-0.05, 0) is 51.7 Å². The Labute approximate surface area is 119 Å². The van der Waals surface area contributed by atoms with Crippen molar-refractivity contribution >= 4 is 0 Å². The van der Waals surface area contributed by atoms with Crippen LogP contribution in [0.2, 0.25) is 0 Å². The molecule has 0 radical (unpaired) electrons. The molecular formula is C17H21F3. The first-order valence-corrected chi connectivity index (χ1v) is 6.74. The molecule has 0 aliphatic carbocycles. The molecule has 1 aromatic rings. The van der Waals surface area contributed by atoms with E-state index in [0.717, 1.165) is 18.9 Å². The Morgan fingerprint density at radius 1 is 1.10 bits per heavy atom. The van der Waals surface area contributed by atoms with Crippen LogP contribution in [-0.4, -0.2) is 0 Å². The molecule has 0 aromatic heterocycles. The van der Waals surface area contributed by atoms with Crippen LogP contribution >= 0.6 is 0 Å². The zero-order chi connectivity index (χ0) is 15.2. The Balaban J connectivity index is 2.63. The van der Waals surface area contributed by atoms with Crippen molar-refractivity contribution < 1.29 is 13.2 Å². The summed E-state index contributed by atoms with van der Waals surface area (Å²) in [5.74, 6) is 0. The second-order valence-corrected chi connectivity index (χ2v) is 5.27. The largest absolute Gasteiger partial charge is 0.416 e. The SMILES string of the molecule is CC(C)=CCC/C(C)=C\Cc1cccc(C(F)(F)F)c1. The van der Waals surface area contributed by atoms with Crippen molar-refractivity contribution in [3.8, 4) is 0 Å². The summed E-state index contributed by atoms with van der Waals surface area (Å²) < 4.78 is 37.8. The average Bonchev–Trinajstić information content (AvgIpc) is 2.35. The highest BCUT2D eigenvalue weighted by molar-refractivity contribution is 5.27. The Kier molecular flexibility index (Phi) is 6.05. The lowest BCUT2D eigenvalue weighted by Gasteiger charge is -2.08. The maximum absolute atomic E-state index is 12.6. The molecule has 0 spiro atoms. The van der Waals surface area contributed by atoms with Gasteiger partial charge in [0, 0.05) is 0 Å². The molecule has 0 nitrogen and oxygen atoms in total. The predicted molar refractivity (Wildman–Crippen MR) is 77.6 cm³/mol. The lowest BCUT2D eigenvalue weighted by molar-refractivity contribution is -0.137. The van der Waals surface area contributed by atoms with E-state index in [4.69, 9.17) is 0 Å². The summed E-state index contributed by atoms with van der Waals surface area (Å²) in [6.45, 7) is 6.13. The van der Waals surface area contributed by atoms with Gasteiger partial charge in [-0.3, -0.25) is 0 Å². The van der Waals surface area contributed by atoms with Gasteiger partial charge < -0.3 is 0 Å². The molecule has 1 aromatic carbocycles. The summed E-state index contributed by atoms with van der Waals surface area (Å²) in [7, 11) is 0. The second kappa shape index (κ2) is 7.32. The van der Waals surface area contributed by atoms with Gasteiger partial charge >= 0.3 is 6.18 Å². The van der Waals surface area contributed by atoms with Crippen LogP contribution < -0.4 is 0 Å². The van der Waals surface area contributed by atoms with Crippen LogP contribution in [0.15, 0.2) is 47.6 Å². The third kappa shape index (κ3) is 6.09. The van der Waals surface area contributed by atoms with E-state index < -0.39 is 11.7 Å². The first kappa shape index (κ1) is 16.5. The number of rotatable bonds is 5. The maximum Gasteiger partial charge on any atom is 0.416 e. The Morgan fingerprint density at radius 3 is 2.40 bits per heavy atom. The van der Waals surface area contributed by atoms with Crippen molar-refractivity contribution in [1.82, 2.24) is 0 Å². The molecule has 0 aliphatic heterocycles. The standard InChI is InChI=1S/C17H21F3/c1-13(2)6-4-7-14(3)10-11-15-8-5-9-16(12-15)17(18,19)20/h5-6,8-10,12H,4,7,11H2,1-3H3/b14-10-. The van der Waals surface area contributed by atoms with Crippen LogP contribution in [0.1, 0.15) is 44.7 Å². The van der Waals surface area contributed by atoms with Gasteiger partial charge in [-0.25, -0.2) is 0 Å². The number of hydrogen-bond acceptors (Lipinski definition) is 0. The van der Waals surface area contributed by atoms with Gasteiger partial charge in [0.05, 0.1) is 5.56 Å². The molecule has 20 heavy (non-hydrogen) atoms. The van der Waals surface area contributed by atoms with Crippen molar-refractivity contribution in [2.45, 2.75) is 46.2 Å². The molecular weight excluding hydrogens is 261 g/mol. The third-order valence-electron chi connectivity index (χ3n) is 3.03. The minimum Gasteiger partial charge on any atom is -0.166 e. The maximum atomic E-state index is 12.6. The van der Waals surface area contributed by atoms with Crippen LogP contribution in [0, 0.1) is 0 Å². The fourth-order valence-corrected chi connectivity index (χ4v) is 1.86. The van der Waals surface area contributed by atoms with E-state index in [9.17, 15) is 13.2 Å². The number of halogens is 3. The highest BCUT2D eigenvalue weighted by Crippen LogP contribution is 2.29. The van der Waals surface area contributed by atoms with Gasteiger partial charge in [0.15, 0.2) is 0 Å². The summed E-state index contributed by atoms with van der Waals surface area (Å²) in [6.07, 6.45) is 2.39. The number of alkyl halides is 3. The summed E-state index contributed by atoms with van der Waals surface area (Å²) in [5.41, 5.74) is 2.61. The molecule has 0 bridgehead atoms. The van der Waals surface area contributed by atoms with Crippen LogP contribution in [-0.2, 0) is 12.6 Å². The molecule has 0 N–H and O–H groups in total. The first-order valence-electron chi connectivity index (χ1n) is 6.74. The van der Waals surface area contributed by atoms with Gasteiger partial charge in [0.25, 0.3) is 0 Å². The van der Waals surface area contributed by atoms with Crippen LogP contribution in [0.4, 0.5) is 13.2 Å². The zero-order valence-corrected chi connectivity index (χ0v) is 12.2. The molecule has 0 unspecified atom stereocenters. The Bertz CT molecular complexity index is 489. The fourth-order valence-electron chi connectivity index (χ4n) is 1.86. The monoisotopic (exact) mass is 282 g/mol. The molecule has 0 saturated carbocycles. The minimum atomic E-state index is -4.27. The van der Waals surface area contributed by atoms with Crippen molar-refractivity contribution in [2.75, 3.05) is 0 Å². The molecule has 0 amide bonds. The quantitative estimate of drug-likeness (QED) is 0.586. The predicted octanol–water partition coefficient (Wildman–Crippen LogP) is 5.94. The first-order chi connectivity index (χ1) is 9.29. The lowest BCUT2D eigenvalue weighted by atomic mass is 10.0. The van der Waals surface area contributed by atoms with E-state index in [1.54, 1.807) is 6.07 Å². The van der Waals surface area contributed by atoms with Crippen LogP contribution in [0.3, 0.4) is 0 Å². The molecule has 1 rings (SSSR count). The molecule has 110 valence electrons. The normalized spacial score (nSPS) is 12.4. The minimum absolute atomic E-state index is 0.546. The van der Waals surface area contributed by atoms with E-state index >= 15 is 0 Å². The van der Waals surface area contributed by atoms with E-state index in [1.165, 1.54) is 23.3 Å². The molecule has 0 atom stereocenters. The highest BCUT2D eigenvalue weighted by atomic mass is 19.4. The highest BCUT2D eigenvalue weighted by Gasteiger charge is 2.30. The number of allylic oxidation sites excluding steroid dienone is 4. The Hall–Kier alpha value is -1.51. The van der Waals surface area contributed by atoms with Crippen LogP contribution in [0.5, 0.6) is 0 Å². The number of benzene rings is 1. The lowest BCUT2D eigenvalue weighted by Crippen LogP contribution is -2.05. The second-order valence-electron chi connectivity index (χ2n) is 5.27. The summed E-state index contributed by atoms with van der Waals surface area (Å²) in [5, 5.41) is 0. The molecule has 0 fully saturated rings. The molecule has 0 saturated heterocycles. The van der Waals surface area contributed by atoms with Crippen molar-refractivity contribution in [2.24, 2.45) is 0 Å². The van der Waals surface area contributed by atoms with Gasteiger partial charge in [-0.15, -0.1) is 0 Å². The van der Waals surface area contributed by atoms with Gasteiger partial charge in [-0.2, -0.15) is 13.2 Å². The summed E-state index contributed by atoms with van der Waals surface area (Å²) >= 11 is 0. The third-order valence-corrected chi connectivity index (χ3v) is 3.03. The van der Waals surface area contributed by atoms with Gasteiger partial charge in [0.1, 0.15) is 0 Å². The van der Waals surface area contributed by atoms with E-state index in [2.05, 4.69) is 19.9 Å². The van der Waals surface area contributed by atoms with Gasteiger partial charge in [-0.1, -0.05) is 41.5 Å². The summed E-state index contributed by atoms with van der Waals surface area (Å²) in [4.78, 5) is 0. The van der Waals surface area contributed by atoms with E-state index in [-0.39, 0.29) is 0 Å². The summed E-state index contributed by atoms with van der Waals surface area (Å²) in [6, 6.07) is 5.52. The topological polar surface area (TPSA) is 0 Å². The van der Waals surface area contributed by atoms with E-state index in [0.29, 0.717) is 12.0 Å². The molecule has 3 heteroatoms. The van der Waals surface area contributed by atoms with Crippen molar-refractivity contribution in [3.63, 3.8) is 0 Å². The van der Waals surface area contributed by atoms with E-state index in [1.807, 2.05) is 13.0 Å². The molecule has 0 aliphatic rings. The Morgan fingerprint density at radius 2 is 1.80 bits per heavy atom.